The molecule has 1 amide bonds. The summed E-state index contributed by atoms with van der Waals surface area (Å²) in [4.78, 5) is 32.1. The van der Waals surface area contributed by atoms with Gasteiger partial charge in [0.15, 0.2) is 5.69 Å². The van der Waals surface area contributed by atoms with E-state index in [1.165, 1.54) is 57.8 Å². The van der Waals surface area contributed by atoms with Gasteiger partial charge in [-0.2, -0.15) is 0 Å². The summed E-state index contributed by atoms with van der Waals surface area (Å²) in [6.07, 6.45) is 12.6. The molecule has 2 N–H and O–H groups in total. The van der Waals surface area contributed by atoms with Crippen LogP contribution in [0.2, 0.25) is 0 Å². The van der Waals surface area contributed by atoms with Gasteiger partial charge in [-0.05, 0) is 58.1 Å². The van der Waals surface area contributed by atoms with E-state index in [1.54, 1.807) is 4.57 Å². The number of benzene rings is 1. The molecule has 0 radical (unpaired) electrons. The summed E-state index contributed by atoms with van der Waals surface area (Å²) in [5.74, 6) is -0.762. The average molecular weight is 425 g/mol. The number of para-hydroxylation sites is 2. The molecule has 0 unspecified atom stereocenters. The Labute approximate surface area is 184 Å². The molecule has 1 saturated heterocycles. The standard InChI is InChI=1S/C25H36N4O2/c1-17-14-15-20(28(17)19-10-6-4-3-5-7-11-19)16-18(2)29-22-13-9-8-12-21(22)27-23(24(26)30)25(29)31/h8-9,12-13,17-20H,3-7,10-11,14-16H2,1-2H3,(H2,26,30)/t17-,18-,20-/m0/s1. The van der Waals surface area contributed by atoms with Gasteiger partial charge in [-0.1, -0.05) is 44.2 Å². The Balaban J connectivity index is 1.63. The number of likely N-dealkylation sites (tertiary alicyclic amines) is 1. The van der Waals surface area contributed by atoms with E-state index in [-0.39, 0.29) is 17.3 Å². The van der Waals surface area contributed by atoms with Gasteiger partial charge in [-0.15, -0.1) is 0 Å². The number of aromatic nitrogens is 2. The van der Waals surface area contributed by atoms with Crippen molar-refractivity contribution in [2.24, 2.45) is 5.73 Å². The largest absolute Gasteiger partial charge is 0.364 e. The van der Waals surface area contributed by atoms with Gasteiger partial charge in [-0.25, -0.2) is 4.98 Å². The summed E-state index contributed by atoms with van der Waals surface area (Å²) in [6.45, 7) is 4.46. The van der Waals surface area contributed by atoms with Crippen LogP contribution in [0.4, 0.5) is 0 Å². The number of rotatable bonds is 5. The number of primary amides is 1. The lowest BCUT2D eigenvalue weighted by Gasteiger charge is -2.38. The fourth-order valence-electron chi connectivity index (χ4n) is 5.97. The van der Waals surface area contributed by atoms with Crippen LogP contribution in [-0.4, -0.2) is 38.5 Å². The second kappa shape index (κ2) is 9.51. The third kappa shape index (κ3) is 4.54. The number of carbonyl (C=O) groups is 1. The van der Waals surface area contributed by atoms with Crippen LogP contribution in [0, 0.1) is 0 Å². The van der Waals surface area contributed by atoms with Gasteiger partial charge in [0, 0.05) is 24.2 Å². The van der Waals surface area contributed by atoms with Crippen LogP contribution < -0.4 is 11.3 Å². The summed E-state index contributed by atoms with van der Waals surface area (Å²) in [5, 5.41) is 0. The third-order valence-electron chi connectivity index (χ3n) is 7.43. The molecule has 2 fully saturated rings. The van der Waals surface area contributed by atoms with Crippen LogP contribution in [0.3, 0.4) is 0 Å². The van der Waals surface area contributed by atoms with Crippen molar-refractivity contribution in [3.8, 4) is 0 Å². The minimum atomic E-state index is -0.762. The normalized spacial score (nSPS) is 24.7. The Morgan fingerprint density at radius 3 is 2.48 bits per heavy atom. The Morgan fingerprint density at radius 2 is 1.77 bits per heavy atom. The highest BCUT2D eigenvalue weighted by Gasteiger charge is 2.36. The molecule has 1 aromatic heterocycles. The molecule has 1 aliphatic heterocycles. The molecule has 4 rings (SSSR count). The SMILES string of the molecule is C[C@H]1CC[C@@H](C[C@H](C)n2c(=O)c(C(N)=O)nc3ccccc32)N1C1CCCCCCC1. The Kier molecular flexibility index (Phi) is 6.75. The number of fused-ring (bicyclic) bond motifs is 1. The Bertz CT molecular complexity index is 977. The lowest BCUT2D eigenvalue weighted by atomic mass is 9.94. The smallest absolute Gasteiger partial charge is 0.282 e. The molecule has 31 heavy (non-hydrogen) atoms. The molecule has 2 heterocycles. The van der Waals surface area contributed by atoms with Gasteiger partial charge in [0.2, 0.25) is 0 Å². The van der Waals surface area contributed by atoms with Crippen molar-refractivity contribution in [3.05, 3.63) is 40.3 Å². The van der Waals surface area contributed by atoms with Crippen LogP contribution in [0.5, 0.6) is 0 Å². The topological polar surface area (TPSA) is 81.2 Å². The average Bonchev–Trinajstić information content (AvgIpc) is 3.07. The van der Waals surface area contributed by atoms with Gasteiger partial charge >= 0.3 is 0 Å². The first-order valence-corrected chi connectivity index (χ1v) is 12.1. The second-order valence-corrected chi connectivity index (χ2v) is 9.60. The zero-order valence-electron chi connectivity index (χ0n) is 18.9. The maximum atomic E-state index is 13.2. The second-order valence-electron chi connectivity index (χ2n) is 9.60. The Hall–Kier alpha value is -2.21. The van der Waals surface area contributed by atoms with E-state index >= 15 is 0 Å². The third-order valence-corrected chi connectivity index (χ3v) is 7.43. The monoisotopic (exact) mass is 424 g/mol. The zero-order valence-corrected chi connectivity index (χ0v) is 18.9. The van der Waals surface area contributed by atoms with Crippen LogP contribution in [0.15, 0.2) is 29.1 Å². The summed E-state index contributed by atoms with van der Waals surface area (Å²) >= 11 is 0. The number of carbonyl (C=O) groups excluding carboxylic acids is 1. The van der Waals surface area contributed by atoms with Crippen molar-refractivity contribution < 1.29 is 4.79 Å². The lowest BCUT2D eigenvalue weighted by molar-refractivity contribution is 0.0990. The summed E-state index contributed by atoms with van der Waals surface area (Å²) < 4.78 is 1.75. The van der Waals surface area contributed by atoms with E-state index in [9.17, 15) is 9.59 Å². The van der Waals surface area contributed by atoms with Crippen LogP contribution >= 0.6 is 0 Å². The molecule has 6 heteroatoms. The molecule has 0 bridgehead atoms. The van der Waals surface area contributed by atoms with Crippen molar-refractivity contribution in [1.82, 2.24) is 14.5 Å². The fourth-order valence-corrected chi connectivity index (χ4v) is 5.97. The van der Waals surface area contributed by atoms with Gasteiger partial charge < -0.3 is 10.3 Å². The quantitative estimate of drug-likeness (QED) is 0.771. The maximum Gasteiger partial charge on any atom is 0.282 e. The molecule has 1 saturated carbocycles. The maximum absolute atomic E-state index is 13.2. The van der Waals surface area contributed by atoms with E-state index in [0.29, 0.717) is 23.6 Å². The van der Waals surface area contributed by atoms with Crippen LogP contribution in [0.25, 0.3) is 11.0 Å². The molecule has 168 valence electrons. The number of hydrogen-bond donors (Lipinski definition) is 1. The highest BCUT2D eigenvalue weighted by molar-refractivity contribution is 5.92. The minimum absolute atomic E-state index is 0.0372. The van der Waals surface area contributed by atoms with E-state index in [2.05, 4.69) is 23.7 Å². The summed E-state index contributed by atoms with van der Waals surface area (Å²) in [5.41, 5.74) is 6.35. The van der Waals surface area contributed by atoms with Gasteiger partial charge in [-0.3, -0.25) is 14.5 Å². The van der Waals surface area contributed by atoms with E-state index in [0.717, 1.165) is 11.9 Å². The van der Waals surface area contributed by atoms with E-state index in [4.69, 9.17) is 5.73 Å². The summed E-state index contributed by atoms with van der Waals surface area (Å²) in [6, 6.07) is 9.20. The summed E-state index contributed by atoms with van der Waals surface area (Å²) in [7, 11) is 0. The molecular weight excluding hydrogens is 388 g/mol. The van der Waals surface area contributed by atoms with Crippen molar-refractivity contribution in [2.45, 2.75) is 102 Å². The number of nitrogens with zero attached hydrogens (tertiary/aromatic N) is 3. The molecule has 0 spiro atoms. The molecule has 1 aromatic carbocycles. The van der Waals surface area contributed by atoms with Crippen molar-refractivity contribution >= 4 is 16.9 Å². The fraction of sp³-hybridized carbons (Fsp3) is 0.640. The van der Waals surface area contributed by atoms with Gasteiger partial charge in [0.05, 0.1) is 11.0 Å². The first-order chi connectivity index (χ1) is 15.0. The highest BCUT2D eigenvalue weighted by atomic mass is 16.2. The van der Waals surface area contributed by atoms with E-state index < -0.39 is 5.91 Å². The first-order valence-electron chi connectivity index (χ1n) is 12.1. The zero-order chi connectivity index (χ0) is 22.0. The molecule has 6 nitrogen and oxygen atoms in total. The Morgan fingerprint density at radius 1 is 1.10 bits per heavy atom. The lowest BCUT2D eigenvalue weighted by Crippen LogP contribution is -2.44. The van der Waals surface area contributed by atoms with Gasteiger partial charge in [0.25, 0.3) is 11.5 Å². The van der Waals surface area contributed by atoms with Crippen molar-refractivity contribution in [2.75, 3.05) is 0 Å². The predicted molar refractivity (Wildman–Crippen MR) is 124 cm³/mol. The molecule has 2 aliphatic rings. The first kappa shape index (κ1) is 22.0. The number of nitrogens with two attached hydrogens (primary N) is 1. The van der Waals surface area contributed by atoms with Crippen LogP contribution in [-0.2, 0) is 0 Å². The van der Waals surface area contributed by atoms with Crippen LogP contribution in [0.1, 0.15) is 94.6 Å². The predicted octanol–water partition coefficient (Wildman–Crippen LogP) is 4.41. The molecule has 3 atom stereocenters. The molecule has 2 aromatic rings. The highest BCUT2D eigenvalue weighted by Crippen LogP contribution is 2.35. The van der Waals surface area contributed by atoms with Gasteiger partial charge in [0.1, 0.15) is 0 Å². The van der Waals surface area contributed by atoms with Crippen molar-refractivity contribution in [3.63, 3.8) is 0 Å². The number of hydrogen-bond acceptors (Lipinski definition) is 4. The number of amides is 1. The van der Waals surface area contributed by atoms with Crippen molar-refractivity contribution in [1.29, 1.82) is 0 Å². The minimum Gasteiger partial charge on any atom is -0.364 e. The van der Waals surface area contributed by atoms with E-state index in [1.807, 2.05) is 24.3 Å². The molecule has 1 aliphatic carbocycles. The molecular formula is C25H36N4O2.